The predicted molar refractivity (Wildman–Crippen MR) is 74.9 cm³/mol. The minimum atomic E-state index is -0.0721. The molecule has 0 saturated heterocycles. The van der Waals surface area contributed by atoms with Crippen LogP contribution in [0.4, 0.5) is 5.69 Å². The fourth-order valence-electron chi connectivity index (χ4n) is 2.23. The molecule has 0 bridgehead atoms. The summed E-state index contributed by atoms with van der Waals surface area (Å²) in [6, 6.07) is 7.46. The lowest BCUT2D eigenvalue weighted by atomic mass is 10.2. The van der Waals surface area contributed by atoms with Crippen LogP contribution >= 0.6 is 0 Å². The monoisotopic (exact) mass is 256 g/mol. The van der Waals surface area contributed by atoms with Crippen LogP contribution in [0.25, 0.3) is 11.0 Å². The average Bonchev–Trinajstić information content (AvgIpc) is 3.14. The molecule has 4 heteroatoms. The van der Waals surface area contributed by atoms with Gasteiger partial charge in [0.15, 0.2) is 5.76 Å². The van der Waals surface area contributed by atoms with Gasteiger partial charge in [0.05, 0.1) is 0 Å². The zero-order valence-corrected chi connectivity index (χ0v) is 10.6. The van der Waals surface area contributed by atoms with Crippen LogP contribution in [0.1, 0.15) is 23.4 Å². The summed E-state index contributed by atoms with van der Waals surface area (Å²) >= 11 is 0. The molecule has 2 N–H and O–H groups in total. The lowest BCUT2D eigenvalue weighted by Crippen LogP contribution is -2.32. The van der Waals surface area contributed by atoms with Crippen molar-refractivity contribution in [3.8, 4) is 0 Å². The molecule has 1 aromatic heterocycles. The molecular formula is C15H16N2O2. The summed E-state index contributed by atoms with van der Waals surface area (Å²) in [5, 5.41) is 0.859. The van der Waals surface area contributed by atoms with Gasteiger partial charge in [0.2, 0.25) is 0 Å². The first kappa shape index (κ1) is 11.8. The second-order valence-corrected chi connectivity index (χ2v) is 4.89. The number of nitrogens with two attached hydrogens (primary N) is 1. The fourth-order valence-corrected chi connectivity index (χ4v) is 2.23. The zero-order valence-electron chi connectivity index (χ0n) is 10.6. The van der Waals surface area contributed by atoms with Gasteiger partial charge in [-0.15, -0.1) is 6.58 Å². The number of nitrogens with zero attached hydrogens (tertiary/aromatic N) is 1. The van der Waals surface area contributed by atoms with Gasteiger partial charge in [-0.1, -0.05) is 6.08 Å². The van der Waals surface area contributed by atoms with Gasteiger partial charge >= 0.3 is 0 Å². The first-order chi connectivity index (χ1) is 9.19. The molecule has 0 spiro atoms. The van der Waals surface area contributed by atoms with Gasteiger partial charge in [0, 0.05) is 23.7 Å². The molecule has 1 heterocycles. The third-order valence-corrected chi connectivity index (χ3v) is 3.33. The van der Waals surface area contributed by atoms with Crippen LogP contribution in [0.5, 0.6) is 0 Å². The summed E-state index contributed by atoms with van der Waals surface area (Å²) in [4.78, 5) is 14.2. The fraction of sp³-hybridized carbons (Fsp3) is 0.267. The highest BCUT2D eigenvalue weighted by atomic mass is 16.3. The van der Waals surface area contributed by atoms with Crippen LogP contribution in [0.3, 0.4) is 0 Å². The van der Waals surface area contributed by atoms with E-state index in [2.05, 4.69) is 6.58 Å². The van der Waals surface area contributed by atoms with Gasteiger partial charge in [0.1, 0.15) is 5.58 Å². The maximum absolute atomic E-state index is 12.4. The van der Waals surface area contributed by atoms with Crippen molar-refractivity contribution in [1.29, 1.82) is 0 Å². The molecule has 0 unspecified atom stereocenters. The number of hydrogen-bond acceptors (Lipinski definition) is 3. The molecule has 1 fully saturated rings. The first-order valence-electron chi connectivity index (χ1n) is 6.40. The van der Waals surface area contributed by atoms with Crippen molar-refractivity contribution in [2.75, 3.05) is 12.3 Å². The van der Waals surface area contributed by atoms with E-state index in [9.17, 15) is 4.79 Å². The molecule has 19 heavy (non-hydrogen) atoms. The van der Waals surface area contributed by atoms with Crippen LogP contribution in [-0.4, -0.2) is 23.4 Å². The van der Waals surface area contributed by atoms with E-state index >= 15 is 0 Å². The molecule has 1 aliphatic rings. The zero-order chi connectivity index (χ0) is 13.4. The number of nitrogen functional groups attached to an aromatic ring is 1. The minimum absolute atomic E-state index is 0.0721. The average molecular weight is 256 g/mol. The highest BCUT2D eigenvalue weighted by molar-refractivity contribution is 5.97. The Labute approximate surface area is 111 Å². The minimum Gasteiger partial charge on any atom is -0.451 e. The number of fused-ring (bicyclic) bond motifs is 1. The number of carbonyl (C=O) groups is 1. The van der Waals surface area contributed by atoms with Crippen LogP contribution in [0, 0.1) is 0 Å². The van der Waals surface area contributed by atoms with E-state index in [1.807, 2.05) is 11.0 Å². The Morgan fingerprint density at radius 1 is 1.47 bits per heavy atom. The molecule has 0 atom stereocenters. The molecule has 98 valence electrons. The Bertz CT molecular complexity index is 641. The van der Waals surface area contributed by atoms with Crippen LogP contribution < -0.4 is 5.73 Å². The molecule has 1 aliphatic carbocycles. The van der Waals surface area contributed by atoms with Gasteiger partial charge in [-0.05, 0) is 37.1 Å². The second-order valence-electron chi connectivity index (χ2n) is 4.89. The van der Waals surface area contributed by atoms with E-state index in [0.717, 1.165) is 18.2 Å². The van der Waals surface area contributed by atoms with Gasteiger partial charge < -0.3 is 15.1 Å². The maximum atomic E-state index is 12.4. The summed E-state index contributed by atoms with van der Waals surface area (Å²) in [5.74, 6) is 0.298. The van der Waals surface area contributed by atoms with E-state index in [4.69, 9.17) is 10.2 Å². The number of carbonyl (C=O) groups excluding carboxylic acids is 1. The number of benzene rings is 1. The molecule has 1 saturated carbocycles. The highest BCUT2D eigenvalue weighted by Gasteiger charge is 2.33. The van der Waals surface area contributed by atoms with Crippen molar-refractivity contribution in [2.45, 2.75) is 18.9 Å². The van der Waals surface area contributed by atoms with Crippen LogP contribution in [0.15, 0.2) is 41.3 Å². The SMILES string of the molecule is C=CCN(C(=O)c1cc2cc(N)ccc2o1)C1CC1. The first-order valence-corrected chi connectivity index (χ1v) is 6.40. The largest absolute Gasteiger partial charge is 0.451 e. The topological polar surface area (TPSA) is 59.5 Å². The molecule has 4 nitrogen and oxygen atoms in total. The lowest BCUT2D eigenvalue weighted by Gasteiger charge is -2.18. The van der Waals surface area contributed by atoms with Crippen molar-refractivity contribution in [2.24, 2.45) is 0 Å². The number of anilines is 1. The van der Waals surface area contributed by atoms with E-state index in [0.29, 0.717) is 29.6 Å². The highest BCUT2D eigenvalue weighted by Crippen LogP contribution is 2.30. The van der Waals surface area contributed by atoms with E-state index < -0.39 is 0 Å². The number of rotatable bonds is 4. The van der Waals surface area contributed by atoms with E-state index in [1.165, 1.54) is 0 Å². The molecule has 1 aromatic carbocycles. The molecule has 3 rings (SSSR count). The van der Waals surface area contributed by atoms with Crippen LogP contribution in [0.2, 0.25) is 0 Å². The Morgan fingerprint density at radius 2 is 2.26 bits per heavy atom. The molecule has 2 aromatic rings. The smallest absolute Gasteiger partial charge is 0.290 e. The normalized spacial score (nSPS) is 14.5. The van der Waals surface area contributed by atoms with Gasteiger partial charge in [-0.25, -0.2) is 0 Å². The molecule has 0 aliphatic heterocycles. The van der Waals surface area contributed by atoms with Crippen molar-refractivity contribution >= 4 is 22.6 Å². The third-order valence-electron chi connectivity index (χ3n) is 3.33. The van der Waals surface area contributed by atoms with Crippen LogP contribution in [-0.2, 0) is 0 Å². The Hall–Kier alpha value is -2.23. The van der Waals surface area contributed by atoms with E-state index in [1.54, 1.807) is 24.3 Å². The molecule has 1 amide bonds. The summed E-state index contributed by atoms with van der Waals surface area (Å²) in [6.45, 7) is 4.26. The van der Waals surface area contributed by atoms with Gasteiger partial charge in [-0.3, -0.25) is 4.79 Å². The van der Waals surface area contributed by atoms with Crippen molar-refractivity contribution < 1.29 is 9.21 Å². The van der Waals surface area contributed by atoms with Gasteiger partial charge in [0.25, 0.3) is 5.91 Å². The Morgan fingerprint density at radius 3 is 2.95 bits per heavy atom. The van der Waals surface area contributed by atoms with E-state index in [-0.39, 0.29) is 5.91 Å². The lowest BCUT2D eigenvalue weighted by molar-refractivity contribution is 0.0733. The van der Waals surface area contributed by atoms with Crippen molar-refractivity contribution in [3.63, 3.8) is 0 Å². The van der Waals surface area contributed by atoms with Crippen molar-refractivity contribution in [3.05, 3.63) is 42.7 Å². The molecule has 0 radical (unpaired) electrons. The summed E-state index contributed by atoms with van der Waals surface area (Å²) in [7, 11) is 0. The summed E-state index contributed by atoms with van der Waals surface area (Å²) in [5.41, 5.74) is 7.08. The number of amides is 1. The Balaban J connectivity index is 1.93. The standard InChI is InChI=1S/C15H16N2O2/c1-2-7-17(12-4-5-12)15(18)14-9-10-8-11(16)3-6-13(10)19-14/h2-3,6,8-9,12H,1,4-5,7,16H2. The van der Waals surface area contributed by atoms with Gasteiger partial charge in [-0.2, -0.15) is 0 Å². The summed E-state index contributed by atoms with van der Waals surface area (Å²) < 4.78 is 5.61. The summed E-state index contributed by atoms with van der Waals surface area (Å²) in [6.07, 6.45) is 3.87. The molecular weight excluding hydrogens is 240 g/mol. The maximum Gasteiger partial charge on any atom is 0.290 e. The third kappa shape index (κ3) is 2.21. The number of furan rings is 1. The Kier molecular flexibility index (Phi) is 2.78. The second kappa shape index (κ2) is 4.46. The van der Waals surface area contributed by atoms with Crippen molar-refractivity contribution in [1.82, 2.24) is 4.90 Å². The quantitative estimate of drug-likeness (QED) is 0.676. The predicted octanol–water partition coefficient (Wildman–Crippen LogP) is 2.81. The number of hydrogen-bond donors (Lipinski definition) is 1.